The van der Waals surface area contributed by atoms with Crippen LogP contribution in [0.25, 0.3) is 0 Å². The molecule has 1 aromatic carbocycles. The third kappa shape index (κ3) is 5.12. The summed E-state index contributed by atoms with van der Waals surface area (Å²) < 4.78 is 15.0. The molecule has 6 heteroatoms. The highest BCUT2D eigenvalue weighted by atomic mass is 16.5. The Bertz CT molecular complexity index is 541. The number of benzene rings is 1. The molecule has 0 aliphatic rings. The number of rotatable bonds is 8. The zero-order valence-corrected chi connectivity index (χ0v) is 13.0. The molecule has 22 heavy (non-hydrogen) atoms. The molecule has 1 atom stereocenters. The molecule has 1 aromatic rings. The highest BCUT2D eigenvalue weighted by Crippen LogP contribution is 2.23. The lowest BCUT2D eigenvalue weighted by atomic mass is 10.1. The van der Waals surface area contributed by atoms with Gasteiger partial charge in [-0.3, -0.25) is 4.79 Å². The fourth-order valence-corrected chi connectivity index (χ4v) is 1.90. The summed E-state index contributed by atoms with van der Waals surface area (Å²) in [6.45, 7) is 5.33. The van der Waals surface area contributed by atoms with Crippen molar-refractivity contribution < 1.29 is 23.8 Å². The molecule has 0 amide bonds. The second kappa shape index (κ2) is 8.71. The van der Waals surface area contributed by atoms with Gasteiger partial charge in [0.1, 0.15) is 11.9 Å². The lowest BCUT2D eigenvalue weighted by Crippen LogP contribution is -2.25. The zero-order valence-electron chi connectivity index (χ0n) is 13.0. The number of methoxy groups -OCH3 is 2. The average Bonchev–Trinajstić information content (AvgIpc) is 2.51. The van der Waals surface area contributed by atoms with Crippen molar-refractivity contribution in [1.29, 1.82) is 0 Å². The fraction of sp³-hybridized carbons (Fsp3) is 0.375. The number of hydrogen-bond donors (Lipinski definition) is 1. The van der Waals surface area contributed by atoms with E-state index in [1.165, 1.54) is 21.1 Å². The molecule has 6 nitrogen and oxygen atoms in total. The van der Waals surface area contributed by atoms with Gasteiger partial charge in [0.05, 0.1) is 26.3 Å². The SMILES string of the molecule is C=CCC(CNc1ccc(OC)cc1C(=O)OC)OC(C)=O. The molecule has 120 valence electrons. The molecule has 0 saturated heterocycles. The first kappa shape index (κ1) is 17.6. The minimum absolute atomic E-state index is 0.349. The third-order valence-electron chi connectivity index (χ3n) is 2.91. The van der Waals surface area contributed by atoms with Gasteiger partial charge in [-0.05, 0) is 18.2 Å². The quantitative estimate of drug-likeness (QED) is 0.587. The van der Waals surface area contributed by atoms with Crippen LogP contribution in [0.2, 0.25) is 0 Å². The van der Waals surface area contributed by atoms with Gasteiger partial charge >= 0.3 is 11.9 Å². The molecular formula is C16H21NO5. The molecule has 1 rings (SSSR count). The van der Waals surface area contributed by atoms with Gasteiger partial charge < -0.3 is 19.5 Å². The van der Waals surface area contributed by atoms with E-state index in [9.17, 15) is 9.59 Å². The molecule has 0 aromatic heterocycles. The predicted octanol–water partition coefficient (Wildman–Crippen LogP) is 2.40. The number of anilines is 1. The Hall–Kier alpha value is -2.50. The Morgan fingerprint density at radius 1 is 1.36 bits per heavy atom. The van der Waals surface area contributed by atoms with Crippen LogP contribution in [0.4, 0.5) is 5.69 Å². The summed E-state index contributed by atoms with van der Waals surface area (Å²) in [5.74, 6) is -0.292. The molecule has 0 spiro atoms. The lowest BCUT2D eigenvalue weighted by Gasteiger charge is -2.18. The summed E-state index contributed by atoms with van der Waals surface area (Å²) in [6.07, 6.45) is 1.82. The van der Waals surface area contributed by atoms with Crippen molar-refractivity contribution >= 4 is 17.6 Å². The Morgan fingerprint density at radius 2 is 2.09 bits per heavy atom. The number of esters is 2. The van der Waals surface area contributed by atoms with E-state index in [1.807, 2.05) is 0 Å². The number of ether oxygens (including phenoxy) is 3. The van der Waals surface area contributed by atoms with E-state index in [0.29, 0.717) is 30.0 Å². The van der Waals surface area contributed by atoms with Gasteiger partial charge in [0.15, 0.2) is 0 Å². The Labute approximate surface area is 130 Å². The number of carbonyl (C=O) groups excluding carboxylic acids is 2. The first-order valence-electron chi connectivity index (χ1n) is 6.80. The number of hydrogen-bond acceptors (Lipinski definition) is 6. The largest absolute Gasteiger partial charge is 0.497 e. The lowest BCUT2D eigenvalue weighted by molar-refractivity contribution is -0.145. The highest BCUT2D eigenvalue weighted by molar-refractivity contribution is 5.96. The molecule has 0 radical (unpaired) electrons. The summed E-state index contributed by atoms with van der Waals surface area (Å²) in [5.41, 5.74) is 0.927. The molecule has 0 heterocycles. The van der Waals surface area contributed by atoms with E-state index >= 15 is 0 Å². The molecule has 0 bridgehead atoms. The topological polar surface area (TPSA) is 73.9 Å². The molecule has 0 aliphatic carbocycles. The Morgan fingerprint density at radius 3 is 2.64 bits per heavy atom. The van der Waals surface area contributed by atoms with Gasteiger partial charge in [0, 0.05) is 19.0 Å². The van der Waals surface area contributed by atoms with Crippen molar-refractivity contribution in [2.24, 2.45) is 0 Å². The fourth-order valence-electron chi connectivity index (χ4n) is 1.90. The van der Waals surface area contributed by atoms with Crippen molar-refractivity contribution in [3.8, 4) is 5.75 Å². The summed E-state index contributed by atoms with van der Waals surface area (Å²) in [4.78, 5) is 22.9. The molecule has 0 aliphatic heterocycles. The maximum absolute atomic E-state index is 11.8. The molecule has 1 N–H and O–H groups in total. The van der Waals surface area contributed by atoms with Gasteiger partial charge in [-0.2, -0.15) is 0 Å². The van der Waals surface area contributed by atoms with E-state index in [0.717, 1.165) is 0 Å². The molecular weight excluding hydrogens is 286 g/mol. The van der Waals surface area contributed by atoms with Gasteiger partial charge in [0.2, 0.25) is 0 Å². The van der Waals surface area contributed by atoms with Crippen molar-refractivity contribution in [2.45, 2.75) is 19.4 Å². The van der Waals surface area contributed by atoms with E-state index in [1.54, 1.807) is 24.3 Å². The van der Waals surface area contributed by atoms with E-state index in [4.69, 9.17) is 14.2 Å². The predicted molar refractivity (Wildman–Crippen MR) is 83.2 cm³/mol. The first-order chi connectivity index (χ1) is 10.5. The third-order valence-corrected chi connectivity index (χ3v) is 2.91. The van der Waals surface area contributed by atoms with E-state index in [2.05, 4.69) is 11.9 Å². The van der Waals surface area contributed by atoms with Gasteiger partial charge in [-0.15, -0.1) is 6.58 Å². The first-order valence-corrected chi connectivity index (χ1v) is 6.80. The minimum atomic E-state index is -0.478. The molecule has 1 unspecified atom stereocenters. The van der Waals surface area contributed by atoms with Crippen LogP contribution in [-0.2, 0) is 14.3 Å². The van der Waals surface area contributed by atoms with E-state index < -0.39 is 5.97 Å². The van der Waals surface area contributed by atoms with Crippen molar-refractivity contribution in [3.63, 3.8) is 0 Å². The smallest absolute Gasteiger partial charge is 0.340 e. The summed E-state index contributed by atoms with van der Waals surface area (Å²) in [6, 6.07) is 5.02. The zero-order chi connectivity index (χ0) is 16.5. The number of nitrogens with one attached hydrogen (secondary N) is 1. The summed E-state index contributed by atoms with van der Waals surface area (Å²) in [7, 11) is 2.83. The summed E-state index contributed by atoms with van der Waals surface area (Å²) >= 11 is 0. The van der Waals surface area contributed by atoms with Crippen molar-refractivity contribution in [2.75, 3.05) is 26.1 Å². The van der Waals surface area contributed by atoms with E-state index in [-0.39, 0.29) is 12.1 Å². The average molecular weight is 307 g/mol. The highest BCUT2D eigenvalue weighted by Gasteiger charge is 2.16. The van der Waals surface area contributed by atoms with Gasteiger partial charge in [-0.1, -0.05) is 6.08 Å². The summed E-state index contributed by atoms with van der Waals surface area (Å²) in [5, 5.41) is 3.09. The van der Waals surface area contributed by atoms with Crippen LogP contribution >= 0.6 is 0 Å². The van der Waals surface area contributed by atoms with Crippen molar-refractivity contribution in [3.05, 3.63) is 36.4 Å². The second-order valence-electron chi connectivity index (χ2n) is 4.54. The van der Waals surface area contributed by atoms with Crippen LogP contribution in [0, 0.1) is 0 Å². The van der Waals surface area contributed by atoms with Crippen LogP contribution in [0.5, 0.6) is 5.75 Å². The minimum Gasteiger partial charge on any atom is -0.497 e. The normalized spacial score (nSPS) is 11.2. The monoisotopic (exact) mass is 307 g/mol. The van der Waals surface area contributed by atoms with Crippen molar-refractivity contribution in [1.82, 2.24) is 0 Å². The van der Waals surface area contributed by atoms with Gasteiger partial charge in [-0.25, -0.2) is 4.79 Å². The van der Waals surface area contributed by atoms with Crippen LogP contribution in [0.15, 0.2) is 30.9 Å². The van der Waals surface area contributed by atoms with Gasteiger partial charge in [0.25, 0.3) is 0 Å². The van der Waals surface area contributed by atoms with Crippen LogP contribution in [0.1, 0.15) is 23.7 Å². The van der Waals surface area contributed by atoms with Crippen LogP contribution in [-0.4, -0.2) is 38.8 Å². The maximum atomic E-state index is 11.8. The standard InChI is InChI=1S/C16H21NO5/c1-5-6-13(22-11(2)18)10-17-15-8-7-12(20-3)9-14(15)16(19)21-4/h5,7-9,13,17H,1,6,10H2,2-4H3. The Balaban J connectivity index is 2.88. The van der Waals surface area contributed by atoms with Crippen LogP contribution < -0.4 is 10.1 Å². The maximum Gasteiger partial charge on any atom is 0.340 e. The Kier molecular flexibility index (Phi) is 6.95. The molecule has 0 fully saturated rings. The van der Waals surface area contributed by atoms with Crippen LogP contribution in [0.3, 0.4) is 0 Å². The second-order valence-corrected chi connectivity index (χ2v) is 4.54. The molecule has 0 saturated carbocycles. The number of carbonyl (C=O) groups is 2.